The number of hydrogen-bond acceptors (Lipinski definition) is 3. The van der Waals surface area contributed by atoms with Gasteiger partial charge < -0.3 is 4.74 Å². The Hall–Kier alpha value is -2.70. The highest BCUT2D eigenvalue weighted by Crippen LogP contribution is 2.39. The van der Waals surface area contributed by atoms with Crippen LogP contribution >= 0.6 is 0 Å². The predicted octanol–water partition coefficient (Wildman–Crippen LogP) is 4.34. The number of hydrogen-bond donors (Lipinski definition) is 0. The van der Waals surface area contributed by atoms with Gasteiger partial charge in [-0.25, -0.2) is 9.18 Å². The van der Waals surface area contributed by atoms with Crippen molar-refractivity contribution in [2.75, 3.05) is 7.11 Å². The molecule has 0 spiro atoms. The quantitative estimate of drug-likeness (QED) is 0.622. The number of carbonyl (C=O) groups is 1. The molecule has 7 heteroatoms. The van der Waals surface area contributed by atoms with E-state index in [1.165, 1.54) is 0 Å². The Morgan fingerprint density at radius 3 is 2.57 bits per heavy atom. The Kier molecular flexibility index (Phi) is 4.49. The number of benzene rings is 1. The van der Waals surface area contributed by atoms with Crippen LogP contribution in [0.25, 0.3) is 17.2 Å². The van der Waals surface area contributed by atoms with Crippen LogP contribution in [0.3, 0.4) is 0 Å². The van der Waals surface area contributed by atoms with Gasteiger partial charge in [0.1, 0.15) is 5.82 Å². The van der Waals surface area contributed by atoms with Crippen molar-refractivity contribution in [3.05, 3.63) is 59.7 Å². The van der Waals surface area contributed by atoms with Gasteiger partial charge in [0, 0.05) is 11.8 Å². The summed E-state index contributed by atoms with van der Waals surface area (Å²) in [5.74, 6) is -1.72. The molecule has 0 fully saturated rings. The van der Waals surface area contributed by atoms with E-state index in [9.17, 15) is 22.4 Å². The van der Waals surface area contributed by atoms with Crippen LogP contribution in [0.5, 0.6) is 0 Å². The molecular formula is C16H11F4NO2. The van der Waals surface area contributed by atoms with Gasteiger partial charge in [-0.05, 0) is 35.9 Å². The van der Waals surface area contributed by atoms with Crippen molar-refractivity contribution >= 4 is 12.0 Å². The fraction of sp³-hybridized carbons (Fsp3) is 0.125. The highest BCUT2D eigenvalue weighted by Gasteiger charge is 2.35. The highest BCUT2D eigenvalue weighted by molar-refractivity contribution is 5.91. The van der Waals surface area contributed by atoms with Crippen LogP contribution in [0.4, 0.5) is 17.6 Å². The second kappa shape index (κ2) is 6.20. The first kappa shape index (κ1) is 16.7. The summed E-state index contributed by atoms with van der Waals surface area (Å²) < 4.78 is 57.9. The third-order valence-electron chi connectivity index (χ3n) is 3.09. The zero-order valence-corrected chi connectivity index (χ0v) is 11.9. The molecule has 0 bridgehead atoms. The lowest BCUT2D eigenvalue weighted by Crippen LogP contribution is -2.10. The number of halogens is 4. The third kappa shape index (κ3) is 3.39. The summed E-state index contributed by atoms with van der Waals surface area (Å²) in [7, 11) is 1.09. The summed E-state index contributed by atoms with van der Waals surface area (Å²) in [6.07, 6.45) is -2.55. The summed E-state index contributed by atoms with van der Waals surface area (Å²) in [6.45, 7) is 3.42. The summed E-state index contributed by atoms with van der Waals surface area (Å²) in [5, 5.41) is 0. The Bertz CT molecular complexity index is 769. The number of pyridine rings is 1. The van der Waals surface area contributed by atoms with Crippen molar-refractivity contribution in [2.45, 2.75) is 6.18 Å². The van der Waals surface area contributed by atoms with Crippen molar-refractivity contribution < 1.29 is 27.1 Å². The second-order valence-corrected chi connectivity index (χ2v) is 4.54. The van der Waals surface area contributed by atoms with Crippen LogP contribution < -0.4 is 0 Å². The molecule has 0 amide bonds. The Labute approximate surface area is 129 Å². The van der Waals surface area contributed by atoms with E-state index >= 15 is 0 Å². The number of methoxy groups -OCH3 is 1. The van der Waals surface area contributed by atoms with Gasteiger partial charge >= 0.3 is 12.1 Å². The topological polar surface area (TPSA) is 39.2 Å². The van der Waals surface area contributed by atoms with Crippen molar-refractivity contribution in [3.8, 4) is 11.1 Å². The molecule has 0 N–H and O–H groups in total. The molecule has 2 aromatic rings. The number of alkyl halides is 3. The van der Waals surface area contributed by atoms with Crippen molar-refractivity contribution in [3.63, 3.8) is 0 Å². The SMILES string of the molecule is C=Cc1nccc(C(F)(F)F)c1-c1cc(F)cc(C(=O)OC)c1. The largest absolute Gasteiger partial charge is 0.465 e. The van der Waals surface area contributed by atoms with Crippen LogP contribution in [0.2, 0.25) is 0 Å². The van der Waals surface area contributed by atoms with Crippen molar-refractivity contribution in [1.82, 2.24) is 4.98 Å². The van der Waals surface area contributed by atoms with E-state index in [1.54, 1.807) is 0 Å². The molecule has 0 atom stereocenters. The molecule has 0 unspecified atom stereocenters. The molecule has 120 valence electrons. The van der Waals surface area contributed by atoms with Crippen LogP contribution in [-0.4, -0.2) is 18.1 Å². The number of carbonyl (C=O) groups excluding carboxylic acids is 1. The molecular weight excluding hydrogens is 314 g/mol. The van der Waals surface area contributed by atoms with E-state index < -0.39 is 23.5 Å². The first-order valence-electron chi connectivity index (χ1n) is 6.36. The van der Waals surface area contributed by atoms with Gasteiger partial charge in [-0.15, -0.1) is 0 Å². The van der Waals surface area contributed by atoms with Gasteiger partial charge in [0.25, 0.3) is 0 Å². The minimum atomic E-state index is -4.67. The number of aromatic nitrogens is 1. The van der Waals surface area contributed by atoms with E-state index in [2.05, 4.69) is 16.3 Å². The fourth-order valence-electron chi connectivity index (χ4n) is 2.14. The molecule has 0 saturated heterocycles. The predicted molar refractivity (Wildman–Crippen MR) is 76.1 cm³/mol. The van der Waals surface area contributed by atoms with Gasteiger partial charge in [-0.1, -0.05) is 6.58 Å². The standard InChI is InChI=1S/C16H11F4NO2/c1-3-13-14(12(4-5-21-13)16(18,19)20)9-6-10(15(22)23-2)8-11(17)7-9/h3-8H,1H2,2H3. The van der Waals surface area contributed by atoms with Crippen LogP contribution in [0, 0.1) is 5.82 Å². The number of esters is 1. The first-order chi connectivity index (χ1) is 10.8. The van der Waals surface area contributed by atoms with Crippen molar-refractivity contribution in [1.29, 1.82) is 0 Å². The van der Waals surface area contributed by atoms with Crippen molar-refractivity contribution in [2.24, 2.45) is 0 Å². The van der Waals surface area contributed by atoms with E-state index in [0.29, 0.717) is 0 Å². The number of nitrogens with zero attached hydrogens (tertiary/aromatic N) is 1. The van der Waals surface area contributed by atoms with Gasteiger partial charge in [0.05, 0.1) is 23.9 Å². The maximum atomic E-state index is 13.7. The molecule has 0 radical (unpaired) electrons. The second-order valence-electron chi connectivity index (χ2n) is 4.54. The summed E-state index contributed by atoms with van der Waals surface area (Å²) in [4.78, 5) is 15.4. The summed E-state index contributed by atoms with van der Waals surface area (Å²) in [6, 6.07) is 3.68. The zero-order chi connectivity index (χ0) is 17.2. The van der Waals surface area contributed by atoms with E-state index in [0.717, 1.165) is 43.6 Å². The molecule has 1 aromatic heterocycles. The summed E-state index contributed by atoms with van der Waals surface area (Å²) >= 11 is 0. The van der Waals surface area contributed by atoms with Crippen LogP contribution in [0.15, 0.2) is 37.0 Å². The normalized spacial score (nSPS) is 11.2. The Morgan fingerprint density at radius 2 is 2.00 bits per heavy atom. The summed E-state index contributed by atoms with van der Waals surface area (Å²) in [5.41, 5.74) is -1.75. The molecule has 3 nitrogen and oxygen atoms in total. The van der Waals surface area contributed by atoms with E-state index in [-0.39, 0.29) is 22.4 Å². The molecule has 0 aliphatic heterocycles. The molecule has 2 rings (SSSR count). The maximum Gasteiger partial charge on any atom is 0.417 e. The lowest BCUT2D eigenvalue weighted by molar-refractivity contribution is -0.137. The molecule has 1 heterocycles. The van der Waals surface area contributed by atoms with Gasteiger partial charge in [0.2, 0.25) is 0 Å². The Morgan fingerprint density at radius 1 is 1.30 bits per heavy atom. The maximum absolute atomic E-state index is 13.7. The molecule has 0 aliphatic rings. The van der Waals surface area contributed by atoms with Gasteiger partial charge in [0.15, 0.2) is 0 Å². The minimum Gasteiger partial charge on any atom is -0.465 e. The molecule has 23 heavy (non-hydrogen) atoms. The molecule has 0 saturated carbocycles. The number of rotatable bonds is 3. The monoisotopic (exact) mass is 325 g/mol. The van der Waals surface area contributed by atoms with Crippen LogP contribution in [0.1, 0.15) is 21.6 Å². The average Bonchev–Trinajstić information content (AvgIpc) is 2.51. The lowest BCUT2D eigenvalue weighted by atomic mass is 9.96. The van der Waals surface area contributed by atoms with E-state index in [1.807, 2.05) is 0 Å². The van der Waals surface area contributed by atoms with Gasteiger partial charge in [-0.2, -0.15) is 13.2 Å². The van der Waals surface area contributed by atoms with E-state index in [4.69, 9.17) is 0 Å². The fourth-order valence-corrected chi connectivity index (χ4v) is 2.14. The number of ether oxygens (including phenoxy) is 1. The first-order valence-corrected chi connectivity index (χ1v) is 6.36. The molecule has 0 aliphatic carbocycles. The minimum absolute atomic E-state index is 0.0683. The lowest BCUT2D eigenvalue weighted by Gasteiger charge is -2.15. The zero-order valence-electron chi connectivity index (χ0n) is 11.9. The third-order valence-corrected chi connectivity index (χ3v) is 3.09. The van der Waals surface area contributed by atoms with Crippen LogP contribution in [-0.2, 0) is 10.9 Å². The smallest absolute Gasteiger partial charge is 0.417 e. The average molecular weight is 325 g/mol. The highest BCUT2D eigenvalue weighted by atomic mass is 19.4. The Balaban J connectivity index is 2.78. The van der Waals surface area contributed by atoms with Gasteiger partial charge in [-0.3, -0.25) is 4.98 Å². The molecule has 1 aromatic carbocycles.